The predicted molar refractivity (Wildman–Crippen MR) is 70.8 cm³/mol. The maximum atomic E-state index is 11.7. The van der Waals surface area contributed by atoms with E-state index in [1.54, 1.807) is 12.1 Å². The first kappa shape index (κ1) is 12.9. The summed E-state index contributed by atoms with van der Waals surface area (Å²) in [4.78, 5) is 11.7. The number of unbranched alkanes of at least 4 members (excludes halogenated alkanes) is 1. The van der Waals surface area contributed by atoms with E-state index in [9.17, 15) is 4.79 Å². The lowest BCUT2D eigenvalue weighted by atomic mass is 10.1. The van der Waals surface area contributed by atoms with E-state index in [0.29, 0.717) is 17.8 Å². The third kappa shape index (κ3) is 4.14. The average molecular weight is 238 g/mol. The Morgan fingerprint density at radius 3 is 2.81 bits per heavy atom. The highest BCUT2D eigenvalue weighted by atomic mass is 32.2. The smallest absolute Gasteiger partial charge is 0.253 e. The Labute approximate surface area is 101 Å². The van der Waals surface area contributed by atoms with Gasteiger partial charge in [-0.1, -0.05) is 12.1 Å². The van der Waals surface area contributed by atoms with Crippen molar-refractivity contribution < 1.29 is 4.79 Å². The van der Waals surface area contributed by atoms with Gasteiger partial charge in [-0.25, -0.2) is 0 Å². The van der Waals surface area contributed by atoms with Crippen LogP contribution in [-0.4, -0.2) is 24.5 Å². The fraction of sp³-hybridized carbons (Fsp3) is 0.417. The molecule has 16 heavy (non-hydrogen) atoms. The van der Waals surface area contributed by atoms with Crippen molar-refractivity contribution >= 4 is 23.4 Å². The van der Waals surface area contributed by atoms with Crippen LogP contribution in [0.1, 0.15) is 23.2 Å². The van der Waals surface area contributed by atoms with Crippen LogP contribution in [0, 0.1) is 0 Å². The van der Waals surface area contributed by atoms with Crippen LogP contribution in [0.4, 0.5) is 5.69 Å². The summed E-state index contributed by atoms with van der Waals surface area (Å²) in [7, 11) is 0. The highest BCUT2D eigenvalue weighted by molar-refractivity contribution is 7.98. The van der Waals surface area contributed by atoms with Gasteiger partial charge in [-0.2, -0.15) is 11.8 Å². The predicted octanol–water partition coefficient (Wildman–Crippen LogP) is 2.14. The largest absolute Gasteiger partial charge is 0.398 e. The van der Waals surface area contributed by atoms with Crippen molar-refractivity contribution in [2.24, 2.45) is 0 Å². The van der Waals surface area contributed by atoms with Gasteiger partial charge in [0.1, 0.15) is 0 Å². The Bertz CT molecular complexity index is 342. The zero-order valence-corrected chi connectivity index (χ0v) is 10.3. The highest BCUT2D eigenvalue weighted by Gasteiger charge is 2.07. The third-order valence-corrected chi connectivity index (χ3v) is 2.96. The van der Waals surface area contributed by atoms with Crippen molar-refractivity contribution in [1.29, 1.82) is 0 Å². The Morgan fingerprint density at radius 1 is 1.38 bits per heavy atom. The van der Waals surface area contributed by atoms with Crippen molar-refractivity contribution in [1.82, 2.24) is 5.32 Å². The van der Waals surface area contributed by atoms with Crippen molar-refractivity contribution in [3.8, 4) is 0 Å². The van der Waals surface area contributed by atoms with Gasteiger partial charge in [-0.15, -0.1) is 0 Å². The molecule has 1 aromatic rings. The number of thioether (sulfide) groups is 1. The van der Waals surface area contributed by atoms with Gasteiger partial charge in [0, 0.05) is 12.2 Å². The number of benzene rings is 1. The number of nitrogens with one attached hydrogen (secondary N) is 1. The molecule has 0 unspecified atom stereocenters. The third-order valence-electron chi connectivity index (χ3n) is 2.27. The maximum Gasteiger partial charge on any atom is 0.253 e. The second kappa shape index (κ2) is 7.17. The van der Waals surface area contributed by atoms with E-state index in [-0.39, 0.29) is 5.91 Å². The molecule has 3 nitrogen and oxygen atoms in total. The molecule has 4 heteroatoms. The molecule has 3 N–H and O–H groups in total. The molecule has 0 spiro atoms. The molecule has 0 heterocycles. The van der Waals surface area contributed by atoms with E-state index in [2.05, 4.69) is 11.6 Å². The van der Waals surface area contributed by atoms with E-state index >= 15 is 0 Å². The van der Waals surface area contributed by atoms with Crippen LogP contribution in [0.3, 0.4) is 0 Å². The minimum atomic E-state index is -0.0812. The molecular weight excluding hydrogens is 220 g/mol. The van der Waals surface area contributed by atoms with Crippen LogP contribution in [0.5, 0.6) is 0 Å². The Balaban J connectivity index is 2.33. The number of para-hydroxylation sites is 1. The van der Waals surface area contributed by atoms with Crippen molar-refractivity contribution in [2.75, 3.05) is 24.3 Å². The van der Waals surface area contributed by atoms with Gasteiger partial charge in [-0.05, 0) is 37.0 Å². The molecule has 1 aromatic carbocycles. The molecule has 0 atom stereocenters. The highest BCUT2D eigenvalue weighted by Crippen LogP contribution is 2.09. The lowest BCUT2D eigenvalue weighted by Crippen LogP contribution is -2.25. The molecule has 0 aliphatic rings. The molecule has 0 saturated heterocycles. The van der Waals surface area contributed by atoms with Crippen LogP contribution < -0.4 is 11.1 Å². The monoisotopic (exact) mass is 238 g/mol. The van der Waals surface area contributed by atoms with E-state index in [4.69, 9.17) is 5.73 Å². The standard InChI is InChI=1S/C12H18N2OS/c1-16-9-5-4-8-14-12(15)10-6-2-3-7-11(10)13/h2-3,6-7H,4-5,8-9,13H2,1H3,(H,14,15). The summed E-state index contributed by atoms with van der Waals surface area (Å²) in [6, 6.07) is 7.12. The van der Waals surface area contributed by atoms with Gasteiger partial charge in [0.05, 0.1) is 5.56 Å². The van der Waals surface area contributed by atoms with Crippen molar-refractivity contribution in [2.45, 2.75) is 12.8 Å². The number of nitrogens with two attached hydrogens (primary N) is 1. The number of carbonyl (C=O) groups is 1. The van der Waals surface area contributed by atoms with E-state index < -0.39 is 0 Å². The lowest BCUT2D eigenvalue weighted by Gasteiger charge is -2.06. The molecule has 1 amide bonds. The summed E-state index contributed by atoms with van der Waals surface area (Å²) in [5.74, 6) is 1.06. The summed E-state index contributed by atoms with van der Waals surface area (Å²) in [6.07, 6.45) is 4.23. The van der Waals surface area contributed by atoms with Gasteiger partial charge < -0.3 is 11.1 Å². The van der Waals surface area contributed by atoms with Gasteiger partial charge in [-0.3, -0.25) is 4.79 Å². The van der Waals surface area contributed by atoms with E-state index in [1.807, 2.05) is 23.9 Å². The normalized spacial score (nSPS) is 10.1. The first-order valence-electron chi connectivity index (χ1n) is 5.37. The first-order chi connectivity index (χ1) is 7.75. The lowest BCUT2D eigenvalue weighted by molar-refractivity contribution is 0.0954. The van der Waals surface area contributed by atoms with Crippen LogP contribution >= 0.6 is 11.8 Å². The van der Waals surface area contributed by atoms with Gasteiger partial charge >= 0.3 is 0 Å². The van der Waals surface area contributed by atoms with Crippen LogP contribution in [-0.2, 0) is 0 Å². The van der Waals surface area contributed by atoms with Crippen molar-refractivity contribution in [3.05, 3.63) is 29.8 Å². The number of amides is 1. The molecule has 0 aliphatic carbocycles. The van der Waals surface area contributed by atoms with Crippen molar-refractivity contribution in [3.63, 3.8) is 0 Å². The number of anilines is 1. The fourth-order valence-corrected chi connectivity index (χ4v) is 1.87. The zero-order chi connectivity index (χ0) is 11.8. The topological polar surface area (TPSA) is 55.1 Å². The molecule has 0 saturated carbocycles. The summed E-state index contributed by atoms with van der Waals surface area (Å²) in [5, 5.41) is 2.87. The Kier molecular flexibility index (Phi) is 5.78. The van der Waals surface area contributed by atoms with Gasteiger partial charge in [0.2, 0.25) is 0 Å². The van der Waals surface area contributed by atoms with Crippen LogP contribution in [0.25, 0.3) is 0 Å². The summed E-state index contributed by atoms with van der Waals surface area (Å²) in [5.41, 5.74) is 6.80. The van der Waals surface area contributed by atoms with E-state index in [0.717, 1.165) is 18.6 Å². The molecular formula is C12H18N2OS. The molecule has 0 fully saturated rings. The first-order valence-corrected chi connectivity index (χ1v) is 6.76. The molecule has 0 bridgehead atoms. The second-order valence-electron chi connectivity index (χ2n) is 3.54. The number of hydrogen-bond acceptors (Lipinski definition) is 3. The SMILES string of the molecule is CSCCCCNC(=O)c1ccccc1N. The summed E-state index contributed by atoms with van der Waals surface area (Å²) >= 11 is 1.83. The quantitative estimate of drug-likeness (QED) is 0.590. The number of carbonyl (C=O) groups excluding carboxylic acids is 1. The maximum absolute atomic E-state index is 11.7. The zero-order valence-electron chi connectivity index (χ0n) is 9.53. The molecule has 0 aromatic heterocycles. The van der Waals surface area contributed by atoms with Gasteiger partial charge in [0.25, 0.3) is 5.91 Å². The number of nitrogen functional groups attached to an aromatic ring is 1. The van der Waals surface area contributed by atoms with Crippen LogP contribution in [0.2, 0.25) is 0 Å². The number of rotatable bonds is 6. The Morgan fingerprint density at radius 2 is 2.12 bits per heavy atom. The summed E-state index contributed by atoms with van der Waals surface area (Å²) < 4.78 is 0. The Hall–Kier alpha value is -1.16. The summed E-state index contributed by atoms with van der Waals surface area (Å²) in [6.45, 7) is 0.716. The average Bonchev–Trinajstić information content (AvgIpc) is 2.29. The molecule has 0 radical (unpaired) electrons. The molecule has 1 rings (SSSR count). The molecule has 0 aliphatic heterocycles. The fourth-order valence-electron chi connectivity index (χ4n) is 1.37. The van der Waals surface area contributed by atoms with Crippen LogP contribution in [0.15, 0.2) is 24.3 Å². The van der Waals surface area contributed by atoms with E-state index in [1.165, 1.54) is 0 Å². The molecule has 88 valence electrons. The number of hydrogen-bond donors (Lipinski definition) is 2. The second-order valence-corrected chi connectivity index (χ2v) is 4.53. The minimum Gasteiger partial charge on any atom is -0.398 e. The minimum absolute atomic E-state index is 0.0812. The van der Waals surface area contributed by atoms with Gasteiger partial charge in [0.15, 0.2) is 0 Å².